The lowest BCUT2D eigenvalue weighted by Crippen LogP contribution is -2.60. The molecule has 0 aromatic carbocycles. The molecule has 1 heterocycles. The van der Waals surface area contributed by atoms with Crippen LogP contribution >= 0.6 is 0 Å². The Balaban J connectivity index is 1.87. The van der Waals surface area contributed by atoms with E-state index in [1.54, 1.807) is 7.11 Å². The Morgan fingerprint density at radius 3 is 2.92 bits per heavy atom. The van der Waals surface area contributed by atoms with E-state index in [9.17, 15) is 15.0 Å². The number of hydrogen-bond donors (Lipinski definition) is 2. The number of hydrogen-bond acceptors (Lipinski definition) is 5. The van der Waals surface area contributed by atoms with E-state index in [0.717, 1.165) is 31.6 Å². The summed E-state index contributed by atoms with van der Waals surface area (Å²) >= 11 is 0. The molecule has 2 aliphatic carbocycles. The average molecular weight is 349 g/mol. The summed E-state index contributed by atoms with van der Waals surface area (Å²) in [5.41, 5.74) is 1.36. The molecular formula is C20H31NO4. The summed E-state index contributed by atoms with van der Waals surface area (Å²) in [4.78, 5) is 14.6. The monoisotopic (exact) mass is 349 g/mol. The lowest BCUT2D eigenvalue weighted by Gasteiger charge is -2.58. The number of aliphatic hydroxyl groups is 2. The van der Waals surface area contributed by atoms with E-state index in [-0.39, 0.29) is 23.7 Å². The van der Waals surface area contributed by atoms with Crippen molar-refractivity contribution in [2.24, 2.45) is 17.3 Å². The topological polar surface area (TPSA) is 70.0 Å². The molecule has 0 radical (unpaired) electrons. The van der Waals surface area contributed by atoms with Gasteiger partial charge in [0, 0.05) is 18.4 Å². The minimum atomic E-state index is -0.775. The van der Waals surface area contributed by atoms with Gasteiger partial charge < -0.3 is 19.8 Å². The molecule has 0 spiro atoms. The van der Waals surface area contributed by atoms with E-state index in [0.29, 0.717) is 24.8 Å². The van der Waals surface area contributed by atoms with Gasteiger partial charge in [-0.2, -0.15) is 0 Å². The number of nitrogens with zero attached hydrogens (tertiary/aromatic N) is 1. The van der Waals surface area contributed by atoms with Crippen molar-refractivity contribution in [3.8, 4) is 0 Å². The van der Waals surface area contributed by atoms with Gasteiger partial charge in [-0.3, -0.25) is 4.79 Å². The van der Waals surface area contributed by atoms with Crippen molar-refractivity contribution in [3.63, 3.8) is 0 Å². The number of likely N-dealkylation sites (tertiary alicyclic amines) is 1. The van der Waals surface area contributed by atoms with Gasteiger partial charge in [0.15, 0.2) is 5.78 Å². The molecule has 5 heteroatoms. The molecule has 0 aromatic rings. The van der Waals surface area contributed by atoms with E-state index in [2.05, 4.69) is 18.0 Å². The van der Waals surface area contributed by atoms with Crippen LogP contribution < -0.4 is 0 Å². The highest BCUT2D eigenvalue weighted by atomic mass is 16.5. The number of ether oxygens (including phenoxy) is 1. The van der Waals surface area contributed by atoms with E-state index in [1.807, 2.05) is 13.0 Å². The smallest absolute Gasteiger partial charge is 0.161 e. The van der Waals surface area contributed by atoms with Gasteiger partial charge in [0.2, 0.25) is 0 Å². The van der Waals surface area contributed by atoms with Gasteiger partial charge in [-0.05, 0) is 56.7 Å². The van der Waals surface area contributed by atoms with Gasteiger partial charge in [0.05, 0.1) is 13.7 Å². The number of Topliss-reactive ketones (excluding diaryl/α,β-unsaturated/α-hetero) is 1. The minimum Gasteiger partial charge on any atom is -0.501 e. The summed E-state index contributed by atoms with van der Waals surface area (Å²) in [6.45, 7) is 3.03. The van der Waals surface area contributed by atoms with Crippen molar-refractivity contribution in [1.82, 2.24) is 4.90 Å². The molecule has 3 fully saturated rings. The summed E-state index contributed by atoms with van der Waals surface area (Å²) in [7, 11) is 3.79. The molecule has 3 rings (SSSR count). The maximum atomic E-state index is 12.2. The molecule has 0 aromatic heterocycles. The van der Waals surface area contributed by atoms with Gasteiger partial charge in [-0.1, -0.05) is 18.6 Å². The first-order valence-electron chi connectivity index (χ1n) is 9.35. The van der Waals surface area contributed by atoms with E-state index in [1.165, 1.54) is 5.57 Å². The van der Waals surface area contributed by atoms with Crippen LogP contribution in [-0.2, 0) is 9.53 Å². The molecule has 25 heavy (non-hydrogen) atoms. The van der Waals surface area contributed by atoms with E-state index < -0.39 is 6.10 Å². The number of aliphatic hydroxyl groups excluding tert-OH is 2. The number of piperidine rings is 1. The van der Waals surface area contributed by atoms with Crippen molar-refractivity contribution >= 4 is 5.78 Å². The predicted octanol–water partition coefficient (Wildman–Crippen LogP) is 1.90. The van der Waals surface area contributed by atoms with Crippen LogP contribution in [-0.4, -0.2) is 60.4 Å². The van der Waals surface area contributed by atoms with Crippen LogP contribution in [0.15, 0.2) is 23.5 Å². The van der Waals surface area contributed by atoms with Gasteiger partial charge >= 0.3 is 0 Å². The molecule has 2 saturated carbocycles. The number of rotatable bonds is 4. The van der Waals surface area contributed by atoms with Gasteiger partial charge in [0.25, 0.3) is 0 Å². The van der Waals surface area contributed by atoms with E-state index in [4.69, 9.17) is 4.74 Å². The molecule has 2 N–H and O–H groups in total. The SMILES string of the molecule is CO/C(=C/C=C1/CC2C3CC(O)C(=O)CC3(CCN2C)C1)C(C)CO. The first kappa shape index (κ1) is 18.6. The lowest BCUT2D eigenvalue weighted by atomic mass is 9.52. The Morgan fingerprint density at radius 2 is 2.24 bits per heavy atom. The zero-order chi connectivity index (χ0) is 18.2. The zero-order valence-electron chi connectivity index (χ0n) is 15.6. The van der Waals surface area contributed by atoms with Crippen molar-refractivity contribution in [2.45, 2.75) is 51.2 Å². The number of carbonyl (C=O) groups is 1. The van der Waals surface area contributed by atoms with Crippen LogP contribution in [0.1, 0.15) is 39.0 Å². The first-order chi connectivity index (χ1) is 11.9. The Kier molecular flexibility index (Phi) is 5.37. The maximum absolute atomic E-state index is 12.2. The fraction of sp³-hybridized carbons (Fsp3) is 0.750. The van der Waals surface area contributed by atoms with Crippen LogP contribution in [0.4, 0.5) is 0 Å². The lowest BCUT2D eigenvalue weighted by molar-refractivity contribution is -0.147. The van der Waals surface area contributed by atoms with Crippen LogP contribution in [0.3, 0.4) is 0 Å². The standard InChI is InChI=1S/C20H31NO4/c1-13(12-22)19(25-3)5-4-14-8-16-15-9-17(23)18(24)11-20(15,10-14)6-7-21(16)2/h4-5,13,15-17,22-23H,6-12H2,1-3H3/b14-4-,19-5+. The van der Waals surface area contributed by atoms with Gasteiger partial charge in [-0.25, -0.2) is 0 Å². The largest absolute Gasteiger partial charge is 0.501 e. The van der Waals surface area contributed by atoms with Crippen LogP contribution in [0.2, 0.25) is 0 Å². The number of allylic oxidation sites excluding steroid dienone is 2. The zero-order valence-corrected chi connectivity index (χ0v) is 15.6. The summed E-state index contributed by atoms with van der Waals surface area (Å²) < 4.78 is 5.40. The van der Waals surface area contributed by atoms with Crippen LogP contribution in [0.25, 0.3) is 0 Å². The third-order valence-corrected chi connectivity index (χ3v) is 6.68. The molecule has 3 aliphatic rings. The number of carbonyl (C=O) groups excluding carboxylic acids is 1. The fourth-order valence-corrected chi connectivity index (χ4v) is 5.15. The first-order valence-corrected chi connectivity index (χ1v) is 9.35. The molecule has 140 valence electrons. The van der Waals surface area contributed by atoms with Gasteiger partial charge in [0.1, 0.15) is 11.9 Å². The van der Waals surface area contributed by atoms with Crippen molar-refractivity contribution in [3.05, 3.63) is 23.5 Å². The average Bonchev–Trinajstić information content (AvgIpc) is 2.59. The summed E-state index contributed by atoms with van der Waals surface area (Å²) in [5.74, 6) is 1.18. The van der Waals surface area contributed by atoms with Crippen molar-refractivity contribution in [1.29, 1.82) is 0 Å². The molecule has 1 saturated heterocycles. The summed E-state index contributed by atoms with van der Waals surface area (Å²) in [6, 6.07) is 0.395. The second kappa shape index (κ2) is 7.22. The molecule has 0 amide bonds. The summed E-state index contributed by atoms with van der Waals surface area (Å²) in [5, 5.41) is 19.4. The molecule has 5 nitrogen and oxygen atoms in total. The second-order valence-corrected chi connectivity index (χ2v) is 8.22. The quantitative estimate of drug-likeness (QED) is 0.759. The van der Waals surface area contributed by atoms with E-state index >= 15 is 0 Å². The Hall–Kier alpha value is -1.17. The highest BCUT2D eigenvalue weighted by Gasteiger charge is 2.55. The number of methoxy groups -OCH3 is 1. The molecule has 1 aliphatic heterocycles. The second-order valence-electron chi connectivity index (χ2n) is 8.22. The third kappa shape index (κ3) is 3.42. The molecule has 5 atom stereocenters. The van der Waals surface area contributed by atoms with Crippen molar-refractivity contribution in [2.75, 3.05) is 27.3 Å². The predicted molar refractivity (Wildman–Crippen MR) is 95.9 cm³/mol. The van der Waals surface area contributed by atoms with Gasteiger partial charge in [-0.15, -0.1) is 0 Å². The molecule has 5 unspecified atom stereocenters. The third-order valence-electron chi connectivity index (χ3n) is 6.68. The Bertz CT molecular complexity index is 584. The maximum Gasteiger partial charge on any atom is 0.161 e. The Labute approximate surface area is 150 Å². The number of ketones is 1. The highest BCUT2D eigenvalue weighted by molar-refractivity contribution is 5.84. The molecular weight excluding hydrogens is 318 g/mol. The minimum absolute atomic E-state index is 0.0151. The van der Waals surface area contributed by atoms with Crippen LogP contribution in [0, 0.1) is 17.3 Å². The van der Waals surface area contributed by atoms with Crippen LogP contribution in [0.5, 0.6) is 0 Å². The summed E-state index contributed by atoms with van der Waals surface area (Å²) in [6.07, 6.45) is 7.38. The fourth-order valence-electron chi connectivity index (χ4n) is 5.15. The normalized spacial score (nSPS) is 39.2. The molecule has 2 bridgehead atoms. The Morgan fingerprint density at radius 1 is 1.48 bits per heavy atom. The highest BCUT2D eigenvalue weighted by Crippen LogP contribution is 2.56. The van der Waals surface area contributed by atoms with Crippen molar-refractivity contribution < 1.29 is 19.7 Å².